The third kappa shape index (κ3) is 4.74. The highest BCUT2D eigenvalue weighted by molar-refractivity contribution is 6.29. The van der Waals surface area contributed by atoms with E-state index < -0.39 is 11.9 Å². The number of rotatable bonds is 7. The van der Waals surface area contributed by atoms with Gasteiger partial charge in [0.1, 0.15) is 10.9 Å². The Morgan fingerprint density at radius 2 is 2.10 bits per heavy atom. The number of Topliss-reactive ketones (excluding diaryl/α,β-unsaturated/α-hetero) is 2. The fraction of sp³-hybridized carbons (Fsp3) is 0.429. The summed E-state index contributed by atoms with van der Waals surface area (Å²) in [6.07, 6.45) is 1.56. The maximum Gasteiger partial charge on any atom is 0.305 e. The molecule has 108 valence electrons. The molecule has 0 bridgehead atoms. The quantitative estimate of drug-likeness (QED) is 0.334. The highest BCUT2D eigenvalue weighted by Gasteiger charge is 2.25. The molecule has 5 nitrogen and oxygen atoms in total. The van der Waals surface area contributed by atoms with Gasteiger partial charge in [-0.2, -0.15) is 0 Å². The fourth-order valence-corrected chi connectivity index (χ4v) is 1.95. The third-order valence-corrected chi connectivity index (χ3v) is 2.97. The standard InChI is InChI=1S/C14H16ClNO4/c1-3-20-13(18)5-4-11(9(2)17)14(19)10-6-7-16-12(15)8-10/h6-8,11H,3-5H2,1-2H3. The molecule has 0 fully saturated rings. The second-order valence-corrected chi connectivity index (χ2v) is 4.63. The summed E-state index contributed by atoms with van der Waals surface area (Å²) in [7, 11) is 0. The van der Waals surface area contributed by atoms with Gasteiger partial charge in [0.15, 0.2) is 5.78 Å². The fourth-order valence-electron chi connectivity index (χ4n) is 1.77. The Labute approximate surface area is 122 Å². The van der Waals surface area contributed by atoms with Gasteiger partial charge in [-0.15, -0.1) is 0 Å². The number of halogens is 1. The molecule has 0 radical (unpaired) electrons. The summed E-state index contributed by atoms with van der Waals surface area (Å²) in [5, 5.41) is 0.184. The Morgan fingerprint density at radius 3 is 2.65 bits per heavy atom. The minimum Gasteiger partial charge on any atom is -0.466 e. The van der Waals surface area contributed by atoms with Crippen LogP contribution < -0.4 is 0 Å². The van der Waals surface area contributed by atoms with Crippen molar-refractivity contribution in [3.05, 3.63) is 29.0 Å². The Morgan fingerprint density at radius 1 is 1.40 bits per heavy atom. The van der Waals surface area contributed by atoms with E-state index in [1.165, 1.54) is 25.3 Å². The molecule has 0 aliphatic carbocycles. The molecule has 0 aliphatic heterocycles. The zero-order chi connectivity index (χ0) is 15.1. The van der Waals surface area contributed by atoms with E-state index in [4.69, 9.17) is 16.3 Å². The molecule has 1 rings (SSSR count). The Hall–Kier alpha value is -1.75. The van der Waals surface area contributed by atoms with Crippen molar-refractivity contribution in [3.8, 4) is 0 Å². The molecule has 0 aromatic carbocycles. The average Bonchev–Trinajstić information content (AvgIpc) is 2.38. The number of ketones is 2. The Kier molecular flexibility index (Phi) is 6.31. The van der Waals surface area contributed by atoms with Crippen molar-refractivity contribution in [1.82, 2.24) is 4.98 Å². The lowest BCUT2D eigenvalue weighted by Crippen LogP contribution is -2.23. The highest BCUT2D eigenvalue weighted by atomic mass is 35.5. The summed E-state index contributed by atoms with van der Waals surface area (Å²) >= 11 is 5.72. The van der Waals surface area contributed by atoms with E-state index in [-0.39, 0.29) is 36.2 Å². The zero-order valence-corrected chi connectivity index (χ0v) is 12.1. The van der Waals surface area contributed by atoms with Crippen LogP contribution in [0.1, 0.15) is 37.0 Å². The van der Waals surface area contributed by atoms with Crippen molar-refractivity contribution in [2.75, 3.05) is 6.61 Å². The summed E-state index contributed by atoms with van der Waals surface area (Å²) in [5.74, 6) is -1.92. The summed E-state index contributed by atoms with van der Waals surface area (Å²) in [4.78, 5) is 38.9. The second kappa shape index (κ2) is 7.75. The second-order valence-electron chi connectivity index (χ2n) is 4.24. The van der Waals surface area contributed by atoms with E-state index in [1.807, 2.05) is 0 Å². The molecule has 0 N–H and O–H groups in total. The van der Waals surface area contributed by atoms with Gasteiger partial charge >= 0.3 is 5.97 Å². The van der Waals surface area contributed by atoms with Gasteiger partial charge in [-0.3, -0.25) is 14.4 Å². The summed E-state index contributed by atoms with van der Waals surface area (Å²) in [6, 6.07) is 2.90. The van der Waals surface area contributed by atoms with Gasteiger partial charge in [-0.05, 0) is 32.4 Å². The SMILES string of the molecule is CCOC(=O)CCC(C(C)=O)C(=O)c1ccnc(Cl)c1. The molecular formula is C14H16ClNO4. The van der Waals surface area contributed by atoms with E-state index in [9.17, 15) is 14.4 Å². The van der Waals surface area contributed by atoms with Crippen molar-refractivity contribution in [3.63, 3.8) is 0 Å². The van der Waals surface area contributed by atoms with Gasteiger partial charge in [0, 0.05) is 18.2 Å². The van der Waals surface area contributed by atoms with Crippen LogP contribution in [0.15, 0.2) is 18.3 Å². The van der Waals surface area contributed by atoms with Crippen LogP contribution in [0.5, 0.6) is 0 Å². The van der Waals surface area contributed by atoms with Gasteiger partial charge < -0.3 is 4.74 Å². The summed E-state index contributed by atoms with van der Waals surface area (Å²) < 4.78 is 4.78. The van der Waals surface area contributed by atoms with Gasteiger partial charge in [0.05, 0.1) is 12.5 Å². The lowest BCUT2D eigenvalue weighted by molar-refractivity contribution is -0.143. The predicted molar refractivity (Wildman–Crippen MR) is 73.6 cm³/mol. The van der Waals surface area contributed by atoms with E-state index in [0.717, 1.165) is 0 Å². The highest BCUT2D eigenvalue weighted by Crippen LogP contribution is 2.17. The molecule has 6 heteroatoms. The number of nitrogens with zero attached hydrogens (tertiary/aromatic N) is 1. The van der Waals surface area contributed by atoms with Crippen molar-refractivity contribution >= 4 is 29.1 Å². The first kappa shape index (κ1) is 16.3. The van der Waals surface area contributed by atoms with E-state index >= 15 is 0 Å². The van der Waals surface area contributed by atoms with Crippen LogP contribution in [0, 0.1) is 5.92 Å². The predicted octanol–water partition coefficient (Wildman–Crippen LogP) is 2.47. The number of aromatic nitrogens is 1. The van der Waals surface area contributed by atoms with Gasteiger partial charge in [0.2, 0.25) is 0 Å². The molecule has 1 heterocycles. The van der Waals surface area contributed by atoms with E-state index in [1.54, 1.807) is 6.92 Å². The van der Waals surface area contributed by atoms with Crippen LogP contribution in [-0.2, 0) is 14.3 Å². The molecule has 0 aliphatic rings. The number of hydrogen-bond acceptors (Lipinski definition) is 5. The first-order valence-corrected chi connectivity index (χ1v) is 6.65. The molecular weight excluding hydrogens is 282 g/mol. The topological polar surface area (TPSA) is 73.3 Å². The van der Waals surface area contributed by atoms with Crippen LogP contribution in [0.3, 0.4) is 0 Å². The largest absolute Gasteiger partial charge is 0.466 e. The molecule has 1 atom stereocenters. The van der Waals surface area contributed by atoms with Gasteiger partial charge in [0.25, 0.3) is 0 Å². The first-order valence-electron chi connectivity index (χ1n) is 6.27. The molecule has 0 amide bonds. The first-order chi connectivity index (χ1) is 9.45. The molecule has 1 aromatic rings. The van der Waals surface area contributed by atoms with Crippen molar-refractivity contribution in [2.24, 2.45) is 5.92 Å². The van der Waals surface area contributed by atoms with Crippen LogP contribution in [0.25, 0.3) is 0 Å². The third-order valence-electron chi connectivity index (χ3n) is 2.76. The van der Waals surface area contributed by atoms with Crippen LogP contribution in [0.2, 0.25) is 5.15 Å². The van der Waals surface area contributed by atoms with Crippen molar-refractivity contribution < 1.29 is 19.1 Å². The van der Waals surface area contributed by atoms with E-state index in [2.05, 4.69) is 4.98 Å². The number of hydrogen-bond donors (Lipinski definition) is 0. The van der Waals surface area contributed by atoms with Crippen LogP contribution in [0.4, 0.5) is 0 Å². The number of carbonyl (C=O) groups is 3. The minimum absolute atomic E-state index is 0.0304. The lowest BCUT2D eigenvalue weighted by Gasteiger charge is -2.12. The smallest absolute Gasteiger partial charge is 0.305 e. The number of carbonyl (C=O) groups excluding carboxylic acids is 3. The van der Waals surface area contributed by atoms with Crippen molar-refractivity contribution in [1.29, 1.82) is 0 Å². The van der Waals surface area contributed by atoms with Crippen molar-refractivity contribution in [2.45, 2.75) is 26.7 Å². The monoisotopic (exact) mass is 297 g/mol. The normalized spacial score (nSPS) is 11.8. The summed E-state index contributed by atoms with van der Waals surface area (Å²) in [5.41, 5.74) is 0.314. The Balaban J connectivity index is 2.78. The Bertz CT molecular complexity index is 516. The maximum absolute atomic E-state index is 12.2. The molecule has 0 spiro atoms. The molecule has 1 unspecified atom stereocenters. The van der Waals surface area contributed by atoms with Crippen LogP contribution in [-0.4, -0.2) is 29.1 Å². The maximum atomic E-state index is 12.2. The van der Waals surface area contributed by atoms with Gasteiger partial charge in [-0.25, -0.2) is 4.98 Å². The molecule has 0 saturated heterocycles. The molecule has 0 saturated carbocycles. The zero-order valence-electron chi connectivity index (χ0n) is 11.4. The number of ether oxygens (including phenoxy) is 1. The number of esters is 1. The average molecular weight is 298 g/mol. The summed E-state index contributed by atoms with van der Waals surface area (Å²) in [6.45, 7) is 3.30. The molecule has 1 aromatic heterocycles. The van der Waals surface area contributed by atoms with Crippen LogP contribution >= 0.6 is 11.6 Å². The molecule has 20 heavy (non-hydrogen) atoms. The minimum atomic E-state index is -0.863. The van der Waals surface area contributed by atoms with E-state index in [0.29, 0.717) is 5.56 Å². The lowest BCUT2D eigenvalue weighted by atomic mass is 9.90. The van der Waals surface area contributed by atoms with Gasteiger partial charge in [-0.1, -0.05) is 11.6 Å². The number of pyridine rings is 1.